The van der Waals surface area contributed by atoms with Crippen molar-refractivity contribution in [3.05, 3.63) is 11.9 Å². The maximum Gasteiger partial charge on any atom is 0.108 e. The van der Waals surface area contributed by atoms with E-state index in [1.54, 1.807) is 6.92 Å². The minimum absolute atomic E-state index is 0.234. The third kappa shape index (κ3) is 3.05. The average molecular weight is 98.1 g/mol. The summed E-state index contributed by atoms with van der Waals surface area (Å²) in [6.45, 7) is 1.71. The monoisotopic (exact) mass is 98.1 g/mol. The fourth-order valence-corrected chi connectivity index (χ4v) is 0.192. The van der Waals surface area contributed by atoms with Crippen molar-refractivity contribution in [1.29, 1.82) is 0 Å². The van der Waals surface area contributed by atoms with Crippen LogP contribution in [0.5, 0.6) is 0 Å². The predicted octanol–water partition coefficient (Wildman–Crippen LogP) is 1.88. The molecule has 0 fully saturated rings. The molecule has 0 aromatic heterocycles. The summed E-state index contributed by atoms with van der Waals surface area (Å²) in [5, 5.41) is 0. The molecule has 38 valence electrons. The van der Waals surface area contributed by atoms with Crippen molar-refractivity contribution in [3.8, 4) is 12.3 Å². The summed E-state index contributed by atoms with van der Waals surface area (Å²) in [5.41, 5.74) is 0. The van der Waals surface area contributed by atoms with Crippen LogP contribution >= 0.6 is 0 Å². The van der Waals surface area contributed by atoms with Crippen LogP contribution in [0, 0.1) is 12.3 Å². The van der Waals surface area contributed by atoms with Gasteiger partial charge in [-0.2, -0.15) is 0 Å². The number of rotatable bonds is 1. The van der Waals surface area contributed by atoms with Crippen LogP contribution in [0.15, 0.2) is 11.9 Å². The number of allylic oxidation sites excluding steroid dienone is 2. The van der Waals surface area contributed by atoms with Gasteiger partial charge in [0.05, 0.1) is 0 Å². The molecular formula is C6H7F. The first kappa shape index (κ1) is 6.23. The lowest BCUT2D eigenvalue weighted by Gasteiger charge is -1.79. The molecule has 0 amide bonds. The Morgan fingerprint density at radius 2 is 2.57 bits per heavy atom. The van der Waals surface area contributed by atoms with Crippen LogP contribution in [0.1, 0.15) is 13.3 Å². The molecule has 0 aliphatic heterocycles. The Balaban J connectivity index is 3.56. The summed E-state index contributed by atoms with van der Waals surface area (Å²) >= 11 is 0. The minimum Gasteiger partial charge on any atom is -0.211 e. The van der Waals surface area contributed by atoms with Crippen LogP contribution in [-0.2, 0) is 0 Å². The zero-order chi connectivity index (χ0) is 5.70. The highest BCUT2D eigenvalue weighted by molar-refractivity contribution is 5.12. The van der Waals surface area contributed by atoms with E-state index in [1.165, 1.54) is 0 Å². The van der Waals surface area contributed by atoms with E-state index in [0.717, 1.165) is 6.08 Å². The Hall–Kier alpha value is -0.770. The molecular weight excluding hydrogens is 91.1 g/mol. The van der Waals surface area contributed by atoms with Crippen molar-refractivity contribution in [1.82, 2.24) is 0 Å². The summed E-state index contributed by atoms with van der Waals surface area (Å²) in [6.07, 6.45) is 6.26. The molecule has 0 nitrogen and oxygen atoms in total. The summed E-state index contributed by atoms with van der Waals surface area (Å²) in [6, 6.07) is 0. The van der Waals surface area contributed by atoms with E-state index in [2.05, 4.69) is 5.92 Å². The lowest BCUT2D eigenvalue weighted by molar-refractivity contribution is 0.605. The van der Waals surface area contributed by atoms with Gasteiger partial charge in [-0.1, -0.05) is 12.8 Å². The molecule has 0 unspecified atom stereocenters. The van der Waals surface area contributed by atoms with E-state index in [4.69, 9.17) is 6.42 Å². The first-order valence-electron chi connectivity index (χ1n) is 2.12. The van der Waals surface area contributed by atoms with Crippen molar-refractivity contribution in [2.45, 2.75) is 13.3 Å². The molecule has 7 heavy (non-hydrogen) atoms. The van der Waals surface area contributed by atoms with Gasteiger partial charge < -0.3 is 0 Å². The van der Waals surface area contributed by atoms with Crippen molar-refractivity contribution < 1.29 is 4.39 Å². The first-order chi connectivity index (χ1) is 3.31. The van der Waals surface area contributed by atoms with E-state index in [9.17, 15) is 4.39 Å². The standard InChI is InChI=1S/C6H7F/c1-3-5-6(7)4-2/h1,5H,4H2,2H3/b6-5-. The number of hydrogen-bond acceptors (Lipinski definition) is 0. The van der Waals surface area contributed by atoms with Crippen molar-refractivity contribution in [2.75, 3.05) is 0 Å². The molecule has 0 aromatic rings. The van der Waals surface area contributed by atoms with Gasteiger partial charge in [0.15, 0.2) is 0 Å². The van der Waals surface area contributed by atoms with Crippen LogP contribution in [0.3, 0.4) is 0 Å². The molecule has 0 aliphatic carbocycles. The van der Waals surface area contributed by atoms with Crippen LogP contribution in [0.25, 0.3) is 0 Å². The molecule has 0 N–H and O–H groups in total. The van der Waals surface area contributed by atoms with Gasteiger partial charge >= 0.3 is 0 Å². The van der Waals surface area contributed by atoms with Crippen molar-refractivity contribution >= 4 is 0 Å². The molecule has 0 atom stereocenters. The summed E-state index contributed by atoms with van der Waals surface area (Å²) < 4.78 is 11.9. The van der Waals surface area contributed by atoms with Crippen LogP contribution in [0.2, 0.25) is 0 Å². The summed E-state index contributed by atoms with van der Waals surface area (Å²) in [4.78, 5) is 0. The van der Waals surface area contributed by atoms with E-state index in [0.29, 0.717) is 6.42 Å². The second-order valence-electron chi connectivity index (χ2n) is 1.11. The van der Waals surface area contributed by atoms with Gasteiger partial charge in [0.1, 0.15) is 5.83 Å². The fraction of sp³-hybridized carbons (Fsp3) is 0.333. The molecule has 0 spiro atoms. The Morgan fingerprint density at radius 3 is 2.71 bits per heavy atom. The lowest BCUT2D eigenvalue weighted by atomic mass is 10.4. The Bertz CT molecular complexity index is 106. The third-order valence-electron chi connectivity index (χ3n) is 0.578. The SMILES string of the molecule is C#C/C=C(\F)CC. The van der Waals surface area contributed by atoms with E-state index < -0.39 is 0 Å². The number of halogens is 1. The largest absolute Gasteiger partial charge is 0.211 e. The first-order valence-corrected chi connectivity index (χ1v) is 2.12. The summed E-state index contributed by atoms with van der Waals surface area (Å²) in [5.74, 6) is 1.85. The molecule has 1 heteroatoms. The van der Waals surface area contributed by atoms with Gasteiger partial charge in [0.2, 0.25) is 0 Å². The maximum absolute atomic E-state index is 11.9. The molecule has 0 radical (unpaired) electrons. The Labute approximate surface area is 43.0 Å². The predicted molar refractivity (Wildman–Crippen MR) is 28.3 cm³/mol. The normalized spacial score (nSPS) is 10.7. The number of terminal acetylenes is 1. The van der Waals surface area contributed by atoms with E-state index in [-0.39, 0.29) is 5.83 Å². The van der Waals surface area contributed by atoms with E-state index in [1.807, 2.05) is 0 Å². The Kier molecular flexibility index (Phi) is 3.04. The molecule has 0 aliphatic rings. The second-order valence-corrected chi connectivity index (χ2v) is 1.11. The highest BCUT2D eigenvalue weighted by Crippen LogP contribution is 1.98. The molecule has 0 heterocycles. The highest BCUT2D eigenvalue weighted by atomic mass is 19.1. The molecule has 0 rings (SSSR count). The van der Waals surface area contributed by atoms with E-state index >= 15 is 0 Å². The van der Waals surface area contributed by atoms with Gasteiger partial charge in [-0.05, 0) is 6.42 Å². The fourth-order valence-electron chi connectivity index (χ4n) is 0.192. The van der Waals surface area contributed by atoms with Crippen molar-refractivity contribution in [2.24, 2.45) is 0 Å². The van der Waals surface area contributed by atoms with Crippen molar-refractivity contribution in [3.63, 3.8) is 0 Å². The number of hydrogen-bond donors (Lipinski definition) is 0. The van der Waals surface area contributed by atoms with Crippen LogP contribution < -0.4 is 0 Å². The van der Waals surface area contributed by atoms with Gasteiger partial charge in [-0.25, -0.2) is 4.39 Å². The molecule has 0 saturated carbocycles. The summed E-state index contributed by atoms with van der Waals surface area (Å²) in [7, 11) is 0. The van der Waals surface area contributed by atoms with Gasteiger partial charge in [0, 0.05) is 6.08 Å². The zero-order valence-electron chi connectivity index (χ0n) is 4.24. The zero-order valence-corrected chi connectivity index (χ0v) is 4.24. The molecule has 0 bridgehead atoms. The molecule has 0 saturated heterocycles. The minimum atomic E-state index is -0.234. The quantitative estimate of drug-likeness (QED) is 0.439. The lowest BCUT2D eigenvalue weighted by Crippen LogP contribution is -1.63. The third-order valence-corrected chi connectivity index (χ3v) is 0.578. The smallest absolute Gasteiger partial charge is 0.108 e. The Morgan fingerprint density at radius 1 is 2.00 bits per heavy atom. The van der Waals surface area contributed by atoms with Gasteiger partial charge in [0.25, 0.3) is 0 Å². The average Bonchev–Trinajstić information content (AvgIpc) is 1.68. The van der Waals surface area contributed by atoms with Gasteiger partial charge in [-0.15, -0.1) is 6.42 Å². The topological polar surface area (TPSA) is 0 Å². The highest BCUT2D eigenvalue weighted by Gasteiger charge is 1.81. The van der Waals surface area contributed by atoms with Crippen LogP contribution in [-0.4, -0.2) is 0 Å². The molecule has 0 aromatic carbocycles. The van der Waals surface area contributed by atoms with Crippen LogP contribution in [0.4, 0.5) is 4.39 Å². The maximum atomic E-state index is 11.9. The van der Waals surface area contributed by atoms with Gasteiger partial charge in [-0.3, -0.25) is 0 Å². The second kappa shape index (κ2) is 3.42.